The molecule has 0 unspecified atom stereocenters. The molecule has 2 aromatic carbocycles. The fourth-order valence-electron chi connectivity index (χ4n) is 2.09. The second-order valence-corrected chi connectivity index (χ2v) is 5.55. The van der Waals surface area contributed by atoms with E-state index in [0.29, 0.717) is 17.9 Å². The molecule has 126 valence electrons. The van der Waals surface area contributed by atoms with Crippen LogP contribution in [0.2, 0.25) is 0 Å². The van der Waals surface area contributed by atoms with Crippen molar-refractivity contribution in [3.05, 3.63) is 71.7 Å². The zero-order valence-electron chi connectivity index (χ0n) is 14.0. The van der Waals surface area contributed by atoms with Crippen molar-refractivity contribution in [2.45, 2.75) is 26.7 Å². The molecule has 0 aliphatic carbocycles. The van der Waals surface area contributed by atoms with Gasteiger partial charge in [-0.1, -0.05) is 19.4 Å². The van der Waals surface area contributed by atoms with E-state index in [4.69, 9.17) is 4.74 Å². The molecule has 3 nitrogen and oxygen atoms in total. The maximum atomic E-state index is 13.7. The van der Waals surface area contributed by atoms with Crippen LogP contribution < -0.4 is 10.1 Å². The van der Waals surface area contributed by atoms with Crippen molar-refractivity contribution < 1.29 is 13.9 Å². The molecule has 0 fully saturated rings. The fraction of sp³-hybridized carbons (Fsp3) is 0.250. The highest BCUT2D eigenvalue weighted by atomic mass is 19.1. The summed E-state index contributed by atoms with van der Waals surface area (Å²) in [5.74, 6) is 0.250. The zero-order valence-corrected chi connectivity index (χ0v) is 14.0. The minimum Gasteiger partial charge on any atom is -0.494 e. The number of halogens is 1. The predicted molar refractivity (Wildman–Crippen MR) is 95.1 cm³/mol. The summed E-state index contributed by atoms with van der Waals surface area (Å²) in [6.07, 6.45) is 4.91. The molecule has 0 bridgehead atoms. The van der Waals surface area contributed by atoms with E-state index in [1.165, 1.54) is 18.3 Å². The van der Waals surface area contributed by atoms with E-state index < -0.39 is 0 Å². The number of nitrogens with one attached hydrogen (secondary N) is 1. The first-order chi connectivity index (χ1) is 11.6. The fourth-order valence-corrected chi connectivity index (χ4v) is 2.09. The number of hydrogen-bond acceptors (Lipinski definition) is 3. The molecule has 0 aliphatic rings. The molecular formula is C20H22FNO2. The number of benzene rings is 2. The van der Waals surface area contributed by atoms with Crippen LogP contribution in [0, 0.1) is 12.7 Å². The lowest BCUT2D eigenvalue weighted by Gasteiger charge is -2.05. The highest BCUT2D eigenvalue weighted by molar-refractivity contribution is 6.04. The molecule has 0 aromatic heterocycles. The third-order valence-electron chi connectivity index (χ3n) is 3.50. The maximum Gasteiger partial charge on any atom is 0.187 e. The van der Waals surface area contributed by atoms with Crippen molar-refractivity contribution >= 4 is 11.5 Å². The molecule has 0 saturated carbocycles. The molecule has 0 amide bonds. The van der Waals surface area contributed by atoms with Crippen molar-refractivity contribution in [2.75, 3.05) is 11.9 Å². The summed E-state index contributed by atoms with van der Waals surface area (Å²) in [5.41, 5.74) is 1.74. The topological polar surface area (TPSA) is 38.3 Å². The lowest BCUT2D eigenvalue weighted by Crippen LogP contribution is -1.99. The second-order valence-electron chi connectivity index (χ2n) is 5.55. The van der Waals surface area contributed by atoms with Gasteiger partial charge in [0.1, 0.15) is 11.6 Å². The summed E-state index contributed by atoms with van der Waals surface area (Å²) in [4.78, 5) is 12.1. The van der Waals surface area contributed by atoms with Gasteiger partial charge in [-0.15, -0.1) is 0 Å². The van der Waals surface area contributed by atoms with Gasteiger partial charge in [0.2, 0.25) is 0 Å². The third-order valence-corrected chi connectivity index (χ3v) is 3.50. The Morgan fingerprint density at radius 3 is 2.62 bits per heavy atom. The minimum absolute atomic E-state index is 0.157. The Balaban J connectivity index is 1.91. The van der Waals surface area contributed by atoms with Crippen LogP contribution in [-0.2, 0) is 0 Å². The molecule has 0 heterocycles. The SMILES string of the molecule is CCCCOc1ccc(C(=O)C=CNc2ccc(C)cc2F)cc1. The number of anilines is 1. The Labute approximate surface area is 142 Å². The molecule has 0 saturated heterocycles. The molecule has 2 aromatic rings. The van der Waals surface area contributed by atoms with Gasteiger partial charge >= 0.3 is 0 Å². The Morgan fingerprint density at radius 1 is 1.21 bits per heavy atom. The Bertz CT molecular complexity index is 708. The molecule has 0 radical (unpaired) electrons. The number of ether oxygens (including phenoxy) is 1. The van der Waals surface area contributed by atoms with E-state index in [9.17, 15) is 9.18 Å². The summed E-state index contributed by atoms with van der Waals surface area (Å²) < 4.78 is 19.2. The van der Waals surface area contributed by atoms with Gasteiger partial charge in [0, 0.05) is 17.8 Å². The van der Waals surface area contributed by atoms with E-state index in [1.807, 2.05) is 6.92 Å². The number of carbonyl (C=O) groups excluding carboxylic acids is 1. The van der Waals surface area contributed by atoms with Gasteiger partial charge in [-0.3, -0.25) is 4.79 Å². The van der Waals surface area contributed by atoms with Crippen molar-refractivity contribution in [2.24, 2.45) is 0 Å². The van der Waals surface area contributed by atoms with Gasteiger partial charge in [-0.25, -0.2) is 4.39 Å². The maximum absolute atomic E-state index is 13.7. The summed E-state index contributed by atoms with van der Waals surface area (Å²) in [6.45, 7) is 4.60. The van der Waals surface area contributed by atoms with E-state index >= 15 is 0 Å². The molecule has 1 N–H and O–H groups in total. The van der Waals surface area contributed by atoms with Crippen molar-refractivity contribution in [3.8, 4) is 5.75 Å². The summed E-state index contributed by atoms with van der Waals surface area (Å²) in [5, 5.41) is 2.79. The molecule has 2 rings (SSSR count). The highest BCUT2D eigenvalue weighted by Gasteiger charge is 2.03. The van der Waals surface area contributed by atoms with Gasteiger partial charge in [0.25, 0.3) is 0 Å². The third kappa shape index (κ3) is 5.23. The quantitative estimate of drug-likeness (QED) is 0.415. The van der Waals surface area contributed by atoms with Crippen molar-refractivity contribution in [1.29, 1.82) is 0 Å². The van der Waals surface area contributed by atoms with E-state index in [1.54, 1.807) is 36.4 Å². The Morgan fingerprint density at radius 2 is 1.96 bits per heavy atom. The van der Waals surface area contributed by atoms with Gasteiger partial charge in [-0.05, 0) is 55.3 Å². The van der Waals surface area contributed by atoms with E-state index in [2.05, 4.69) is 12.2 Å². The molecule has 24 heavy (non-hydrogen) atoms. The molecule has 0 atom stereocenters. The number of unbranched alkanes of at least 4 members (excludes halogenated alkanes) is 1. The molecule has 0 aliphatic heterocycles. The van der Waals surface area contributed by atoms with Crippen LogP contribution in [0.3, 0.4) is 0 Å². The predicted octanol–water partition coefficient (Wildman–Crippen LogP) is 5.12. The van der Waals surface area contributed by atoms with Gasteiger partial charge < -0.3 is 10.1 Å². The van der Waals surface area contributed by atoms with Gasteiger partial charge in [0.05, 0.1) is 12.3 Å². The normalized spacial score (nSPS) is 10.8. The Hall–Kier alpha value is -2.62. The first-order valence-corrected chi connectivity index (χ1v) is 8.06. The molecule has 4 heteroatoms. The number of ketones is 1. The first-order valence-electron chi connectivity index (χ1n) is 8.06. The number of hydrogen-bond donors (Lipinski definition) is 1. The van der Waals surface area contributed by atoms with Crippen LogP contribution in [-0.4, -0.2) is 12.4 Å². The smallest absolute Gasteiger partial charge is 0.187 e. The molecular weight excluding hydrogens is 305 g/mol. The zero-order chi connectivity index (χ0) is 17.4. The van der Waals surface area contributed by atoms with E-state index in [0.717, 1.165) is 24.2 Å². The largest absolute Gasteiger partial charge is 0.494 e. The lowest BCUT2D eigenvalue weighted by atomic mass is 10.1. The average Bonchev–Trinajstić information content (AvgIpc) is 2.57. The van der Waals surface area contributed by atoms with Crippen LogP contribution in [0.15, 0.2) is 54.7 Å². The lowest BCUT2D eigenvalue weighted by molar-refractivity contribution is 0.104. The first kappa shape index (κ1) is 17.7. The van der Waals surface area contributed by atoms with Crippen LogP contribution in [0.4, 0.5) is 10.1 Å². The number of rotatable bonds is 8. The Kier molecular flexibility index (Phi) is 6.55. The van der Waals surface area contributed by atoms with Crippen molar-refractivity contribution in [1.82, 2.24) is 0 Å². The van der Waals surface area contributed by atoms with Crippen LogP contribution in [0.1, 0.15) is 35.7 Å². The number of allylic oxidation sites excluding steroid dienone is 1. The van der Waals surface area contributed by atoms with Crippen LogP contribution in [0.5, 0.6) is 5.75 Å². The van der Waals surface area contributed by atoms with Gasteiger partial charge in [-0.2, -0.15) is 0 Å². The standard InChI is InChI=1S/C20H22FNO2/c1-3-4-13-24-17-8-6-16(7-9-17)20(23)11-12-22-19-10-5-15(2)14-18(19)21/h5-12,14,22H,3-4,13H2,1-2H3. The molecule has 0 spiro atoms. The highest BCUT2D eigenvalue weighted by Crippen LogP contribution is 2.16. The second kappa shape index (κ2) is 8.87. The number of carbonyl (C=O) groups is 1. The van der Waals surface area contributed by atoms with Crippen molar-refractivity contribution in [3.63, 3.8) is 0 Å². The van der Waals surface area contributed by atoms with E-state index in [-0.39, 0.29) is 11.6 Å². The van der Waals surface area contributed by atoms with Crippen LogP contribution >= 0.6 is 0 Å². The summed E-state index contributed by atoms with van der Waals surface area (Å²) in [7, 11) is 0. The number of aryl methyl sites for hydroxylation is 1. The average molecular weight is 327 g/mol. The minimum atomic E-state index is -0.347. The van der Waals surface area contributed by atoms with Crippen LogP contribution in [0.25, 0.3) is 0 Å². The summed E-state index contributed by atoms with van der Waals surface area (Å²) >= 11 is 0. The summed E-state index contributed by atoms with van der Waals surface area (Å²) in [6, 6.07) is 11.9. The monoisotopic (exact) mass is 327 g/mol. The van der Waals surface area contributed by atoms with Gasteiger partial charge in [0.15, 0.2) is 5.78 Å².